The zero-order chi connectivity index (χ0) is 15.0. The van der Waals surface area contributed by atoms with Crippen LogP contribution in [0.2, 0.25) is 0 Å². The first-order chi connectivity index (χ1) is 10.0. The van der Waals surface area contributed by atoms with Gasteiger partial charge in [0.05, 0.1) is 5.69 Å². The minimum Gasteiger partial charge on any atom is -0.396 e. The zero-order valence-electron chi connectivity index (χ0n) is 12.4. The molecule has 6 heteroatoms. The fourth-order valence-corrected chi connectivity index (χ4v) is 3.65. The number of nitrogens with zero attached hydrogens (tertiary/aromatic N) is 2. The van der Waals surface area contributed by atoms with Crippen molar-refractivity contribution in [2.45, 2.75) is 50.2 Å². The van der Waals surface area contributed by atoms with Gasteiger partial charge in [0.2, 0.25) is 0 Å². The molecule has 21 heavy (non-hydrogen) atoms. The number of carbonyl (C=O) groups excluding carboxylic acids is 1. The summed E-state index contributed by atoms with van der Waals surface area (Å²) in [5, 5.41) is 3.42. The molecule has 114 valence electrons. The Morgan fingerprint density at radius 1 is 1.33 bits per heavy atom. The summed E-state index contributed by atoms with van der Waals surface area (Å²) < 4.78 is 0. The van der Waals surface area contributed by atoms with Gasteiger partial charge in [-0.25, -0.2) is 4.98 Å². The quantitative estimate of drug-likeness (QED) is 0.776. The number of nitrogens with one attached hydrogen (secondary N) is 1. The van der Waals surface area contributed by atoms with E-state index in [0.29, 0.717) is 29.6 Å². The molecular formula is C15H23N5O. The molecule has 0 spiro atoms. The van der Waals surface area contributed by atoms with Crippen molar-refractivity contribution in [1.29, 1.82) is 0 Å². The number of aromatic nitrogens is 1. The van der Waals surface area contributed by atoms with Gasteiger partial charge in [0.1, 0.15) is 11.5 Å². The van der Waals surface area contributed by atoms with E-state index in [1.165, 1.54) is 19.3 Å². The molecule has 6 nitrogen and oxygen atoms in total. The van der Waals surface area contributed by atoms with Crippen LogP contribution < -0.4 is 16.8 Å². The molecule has 0 aliphatic carbocycles. The van der Waals surface area contributed by atoms with Gasteiger partial charge in [-0.15, -0.1) is 0 Å². The first kappa shape index (κ1) is 14.1. The third-order valence-electron chi connectivity index (χ3n) is 4.86. The fourth-order valence-electron chi connectivity index (χ4n) is 3.65. The molecule has 1 aromatic rings. The normalized spacial score (nSPS) is 29.1. The summed E-state index contributed by atoms with van der Waals surface area (Å²) in [4.78, 5) is 18.0. The van der Waals surface area contributed by atoms with Gasteiger partial charge in [0.25, 0.3) is 5.91 Å². The first-order valence-corrected chi connectivity index (χ1v) is 7.59. The molecule has 1 amide bonds. The summed E-state index contributed by atoms with van der Waals surface area (Å²) in [5.41, 5.74) is 12.1. The van der Waals surface area contributed by atoms with Crippen LogP contribution in [0.4, 0.5) is 11.5 Å². The monoisotopic (exact) mass is 289 g/mol. The minimum absolute atomic E-state index is 0.250. The van der Waals surface area contributed by atoms with Gasteiger partial charge >= 0.3 is 0 Å². The number of anilines is 2. The zero-order valence-corrected chi connectivity index (χ0v) is 12.4. The molecule has 2 atom stereocenters. The molecule has 5 N–H and O–H groups in total. The van der Waals surface area contributed by atoms with Crippen molar-refractivity contribution < 1.29 is 4.79 Å². The van der Waals surface area contributed by atoms with Gasteiger partial charge in [-0.3, -0.25) is 4.79 Å². The molecule has 2 saturated heterocycles. The van der Waals surface area contributed by atoms with E-state index in [4.69, 9.17) is 11.5 Å². The number of primary amides is 1. The Bertz CT molecular complexity index is 533. The maximum absolute atomic E-state index is 11.2. The number of piperidine rings is 2. The van der Waals surface area contributed by atoms with Crippen molar-refractivity contribution in [2.75, 3.05) is 18.1 Å². The molecule has 2 fully saturated rings. The van der Waals surface area contributed by atoms with E-state index in [1.54, 1.807) is 12.1 Å². The number of nitrogens with two attached hydrogens (primary N) is 2. The lowest BCUT2D eigenvalue weighted by atomic mass is 9.82. The summed E-state index contributed by atoms with van der Waals surface area (Å²) in [7, 11) is 2.23. The summed E-state index contributed by atoms with van der Waals surface area (Å²) in [6.07, 6.45) is 6.03. The molecular weight excluding hydrogens is 266 g/mol. The topological polar surface area (TPSA) is 97.3 Å². The predicted molar refractivity (Wildman–Crippen MR) is 83.0 cm³/mol. The van der Waals surface area contributed by atoms with Gasteiger partial charge in [0.15, 0.2) is 0 Å². The highest BCUT2D eigenvalue weighted by Crippen LogP contribution is 2.34. The van der Waals surface area contributed by atoms with E-state index < -0.39 is 5.91 Å². The van der Waals surface area contributed by atoms with Crippen LogP contribution in [0.1, 0.15) is 42.6 Å². The lowest BCUT2D eigenvalue weighted by Gasteiger charge is -2.47. The number of nitrogen functional groups attached to an aromatic ring is 1. The average Bonchev–Trinajstić information content (AvgIpc) is 2.42. The summed E-state index contributed by atoms with van der Waals surface area (Å²) in [5.74, 6) is 0.0530. The van der Waals surface area contributed by atoms with Crippen molar-refractivity contribution in [2.24, 2.45) is 5.73 Å². The largest absolute Gasteiger partial charge is 0.396 e. The van der Waals surface area contributed by atoms with Gasteiger partial charge in [0, 0.05) is 18.1 Å². The minimum atomic E-state index is -0.529. The Kier molecular flexibility index (Phi) is 3.71. The SMILES string of the molecule is CN1C2CCCC1CC(Nc1nc(C(N)=O)ccc1N)C2. The Labute approximate surface area is 124 Å². The Hall–Kier alpha value is -1.82. The van der Waals surface area contributed by atoms with Gasteiger partial charge < -0.3 is 21.7 Å². The van der Waals surface area contributed by atoms with Crippen molar-refractivity contribution >= 4 is 17.4 Å². The van der Waals surface area contributed by atoms with Crippen LogP contribution in [-0.4, -0.2) is 41.0 Å². The van der Waals surface area contributed by atoms with Crippen LogP contribution in [-0.2, 0) is 0 Å². The van der Waals surface area contributed by atoms with Crippen LogP contribution in [0.25, 0.3) is 0 Å². The third-order valence-corrected chi connectivity index (χ3v) is 4.86. The van der Waals surface area contributed by atoms with E-state index >= 15 is 0 Å². The van der Waals surface area contributed by atoms with Crippen molar-refractivity contribution in [3.05, 3.63) is 17.8 Å². The van der Waals surface area contributed by atoms with Crippen LogP contribution >= 0.6 is 0 Å². The highest BCUT2D eigenvalue weighted by molar-refractivity contribution is 5.91. The molecule has 2 bridgehead atoms. The molecule has 1 aromatic heterocycles. The number of rotatable bonds is 3. The molecule has 2 aliphatic rings. The van der Waals surface area contributed by atoms with Crippen molar-refractivity contribution in [3.8, 4) is 0 Å². The number of hydrogen-bond acceptors (Lipinski definition) is 5. The second-order valence-corrected chi connectivity index (χ2v) is 6.22. The molecule has 3 heterocycles. The van der Waals surface area contributed by atoms with Crippen LogP contribution in [0, 0.1) is 0 Å². The molecule has 3 rings (SSSR count). The second-order valence-electron chi connectivity index (χ2n) is 6.22. The Balaban J connectivity index is 1.75. The number of hydrogen-bond donors (Lipinski definition) is 3. The smallest absolute Gasteiger partial charge is 0.267 e. The van der Waals surface area contributed by atoms with E-state index in [0.717, 1.165) is 12.8 Å². The number of carbonyl (C=O) groups is 1. The lowest BCUT2D eigenvalue weighted by molar-refractivity contribution is 0.0608. The fraction of sp³-hybridized carbons (Fsp3) is 0.600. The lowest BCUT2D eigenvalue weighted by Crippen LogP contribution is -2.52. The second kappa shape index (κ2) is 5.52. The summed E-state index contributed by atoms with van der Waals surface area (Å²) in [6, 6.07) is 4.87. The van der Waals surface area contributed by atoms with Crippen molar-refractivity contribution in [1.82, 2.24) is 9.88 Å². The average molecular weight is 289 g/mol. The summed E-state index contributed by atoms with van der Waals surface area (Å²) in [6.45, 7) is 0. The van der Waals surface area contributed by atoms with Crippen LogP contribution in [0.5, 0.6) is 0 Å². The Morgan fingerprint density at radius 2 is 2.00 bits per heavy atom. The molecule has 0 saturated carbocycles. The Morgan fingerprint density at radius 3 is 2.62 bits per heavy atom. The first-order valence-electron chi connectivity index (χ1n) is 7.59. The van der Waals surface area contributed by atoms with Crippen molar-refractivity contribution in [3.63, 3.8) is 0 Å². The molecule has 2 unspecified atom stereocenters. The molecule has 2 aliphatic heterocycles. The highest BCUT2D eigenvalue weighted by atomic mass is 16.1. The van der Waals surface area contributed by atoms with Gasteiger partial charge in [-0.1, -0.05) is 6.42 Å². The van der Waals surface area contributed by atoms with E-state index in [9.17, 15) is 4.79 Å². The van der Waals surface area contributed by atoms with Gasteiger partial charge in [-0.05, 0) is 44.9 Å². The predicted octanol–water partition coefficient (Wildman–Crippen LogP) is 1.19. The van der Waals surface area contributed by atoms with Crippen LogP contribution in [0.3, 0.4) is 0 Å². The van der Waals surface area contributed by atoms with E-state index in [-0.39, 0.29) is 5.69 Å². The van der Waals surface area contributed by atoms with Gasteiger partial charge in [-0.2, -0.15) is 0 Å². The highest BCUT2D eigenvalue weighted by Gasteiger charge is 2.36. The number of amides is 1. The summed E-state index contributed by atoms with van der Waals surface area (Å²) >= 11 is 0. The molecule has 0 aromatic carbocycles. The molecule has 0 radical (unpaired) electrons. The van der Waals surface area contributed by atoms with Crippen LogP contribution in [0.15, 0.2) is 12.1 Å². The number of pyridine rings is 1. The number of fused-ring (bicyclic) bond motifs is 2. The van der Waals surface area contributed by atoms with E-state index in [1.807, 2.05) is 0 Å². The standard InChI is InChI=1S/C15H23N5O/c1-20-10-3-2-4-11(20)8-9(7-10)18-15-12(16)5-6-13(19-15)14(17)21/h5-6,9-11H,2-4,7-8,16H2,1H3,(H2,17,21)(H,18,19). The maximum Gasteiger partial charge on any atom is 0.267 e. The maximum atomic E-state index is 11.2. The van der Waals surface area contributed by atoms with E-state index in [2.05, 4.69) is 22.2 Å². The third kappa shape index (κ3) is 2.81.